The number of nitrogens with zero attached hydrogens (tertiary/aromatic N) is 4. The minimum atomic E-state index is -0.0527. The summed E-state index contributed by atoms with van der Waals surface area (Å²) in [6, 6.07) is 19.6. The molecular formula is C30H36N8O4. The number of hydrogen-bond acceptors (Lipinski definition) is 11. The molecule has 0 saturated carbocycles. The van der Waals surface area contributed by atoms with E-state index in [9.17, 15) is 9.59 Å². The molecule has 0 saturated heterocycles. The topological polar surface area (TPSA) is 180 Å². The van der Waals surface area contributed by atoms with Crippen LogP contribution in [0.4, 0.5) is 11.6 Å². The molecule has 0 aliphatic carbocycles. The van der Waals surface area contributed by atoms with Crippen molar-refractivity contribution in [2.45, 2.75) is 45.6 Å². The van der Waals surface area contributed by atoms with Crippen molar-refractivity contribution in [3.05, 3.63) is 95.3 Å². The molecule has 2 heterocycles. The van der Waals surface area contributed by atoms with E-state index in [1.54, 1.807) is 24.5 Å². The monoisotopic (exact) mass is 572 g/mol. The van der Waals surface area contributed by atoms with Crippen LogP contribution in [-0.2, 0) is 35.9 Å². The number of nitrogens with one attached hydrogen (secondary N) is 2. The largest absolute Gasteiger partial charge is 0.459 e. The van der Waals surface area contributed by atoms with Crippen molar-refractivity contribution >= 4 is 23.8 Å². The number of unbranched alkanes of at least 4 members (excludes halogenated alkanes) is 1. The second kappa shape index (κ2) is 17.6. The maximum atomic E-state index is 11.6. The van der Waals surface area contributed by atoms with Gasteiger partial charge in [0, 0.05) is 38.3 Å². The average Bonchev–Trinajstić information content (AvgIpc) is 3.00. The van der Waals surface area contributed by atoms with Crippen molar-refractivity contribution in [2.75, 3.05) is 18.5 Å². The number of aldehydes is 1. The van der Waals surface area contributed by atoms with Gasteiger partial charge in [-0.15, -0.1) is 0 Å². The molecule has 0 spiro atoms. The summed E-state index contributed by atoms with van der Waals surface area (Å²) < 4.78 is 10.9. The van der Waals surface area contributed by atoms with Crippen LogP contribution in [0, 0.1) is 0 Å². The van der Waals surface area contributed by atoms with Crippen LogP contribution in [0.3, 0.4) is 0 Å². The molecule has 12 nitrogen and oxygen atoms in total. The standard InChI is InChI=1S/C17H20N4O3.C13H16N4O/c18-15-8-9-19-17(21-15)24-12-14-6-4-13(5-7-14)11-20-16(23)3-1-2-10-22;1-15-8-10-2-4-11(5-3-10)9-18-13-16-7-6-12(14)17-13/h4-10H,1-3,11-12H2,(H,20,23)(H2,18,19,21);2-7,15H,8-9H2,1H3,(H2,14,16,17). The Kier molecular flexibility index (Phi) is 13.1. The van der Waals surface area contributed by atoms with Gasteiger partial charge in [-0.3, -0.25) is 4.79 Å². The quantitative estimate of drug-likeness (QED) is 0.129. The summed E-state index contributed by atoms with van der Waals surface area (Å²) in [6.45, 7) is 2.09. The second-order valence-electron chi connectivity index (χ2n) is 9.10. The molecule has 0 bridgehead atoms. The summed E-state index contributed by atoms with van der Waals surface area (Å²) in [5, 5.41) is 5.92. The Hall–Kier alpha value is -5.10. The first-order chi connectivity index (χ1) is 20.4. The predicted octanol–water partition coefficient (Wildman–Crippen LogP) is 2.98. The fraction of sp³-hybridized carbons (Fsp3) is 0.267. The van der Waals surface area contributed by atoms with Gasteiger partial charge in [-0.05, 0) is 47.9 Å². The van der Waals surface area contributed by atoms with Gasteiger partial charge in [0.25, 0.3) is 0 Å². The fourth-order valence-electron chi connectivity index (χ4n) is 3.49. The zero-order valence-electron chi connectivity index (χ0n) is 23.5. The highest BCUT2D eigenvalue weighted by Crippen LogP contribution is 2.11. The first-order valence-corrected chi connectivity index (χ1v) is 13.4. The lowest BCUT2D eigenvalue weighted by Crippen LogP contribution is -2.22. The molecule has 2 aromatic heterocycles. The van der Waals surface area contributed by atoms with Gasteiger partial charge in [0.15, 0.2) is 0 Å². The third kappa shape index (κ3) is 12.0. The number of hydrogen-bond donors (Lipinski definition) is 4. The molecule has 2 aromatic carbocycles. The number of ether oxygens (including phenoxy) is 2. The fourth-order valence-corrected chi connectivity index (χ4v) is 3.49. The normalized spacial score (nSPS) is 10.2. The lowest BCUT2D eigenvalue weighted by Gasteiger charge is -2.07. The number of benzene rings is 2. The van der Waals surface area contributed by atoms with Gasteiger partial charge in [0.2, 0.25) is 5.91 Å². The highest BCUT2D eigenvalue weighted by atomic mass is 16.5. The number of carbonyl (C=O) groups is 2. The summed E-state index contributed by atoms with van der Waals surface area (Å²) in [5.74, 6) is 0.715. The van der Waals surface area contributed by atoms with Crippen LogP contribution in [0.5, 0.6) is 12.0 Å². The van der Waals surface area contributed by atoms with Crippen LogP contribution in [0.15, 0.2) is 73.1 Å². The number of anilines is 2. The molecule has 4 rings (SSSR count). The van der Waals surface area contributed by atoms with Crippen molar-refractivity contribution in [3.63, 3.8) is 0 Å². The summed E-state index contributed by atoms with van der Waals surface area (Å²) in [5.41, 5.74) is 15.4. The van der Waals surface area contributed by atoms with E-state index in [4.69, 9.17) is 20.9 Å². The van der Waals surface area contributed by atoms with Crippen LogP contribution in [0.1, 0.15) is 41.5 Å². The molecule has 6 N–H and O–H groups in total. The maximum Gasteiger partial charge on any atom is 0.318 e. The van der Waals surface area contributed by atoms with E-state index in [0.29, 0.717) is 56.7 Å². The molecule has 0 aliphatic rings. The van der Waals surface area contributed by atoms with Crippen molar-refractivity contribution in [1.82, 2.24) is 30.6 Å². The first kappa shape index (κ1) is 31.4. The Balaban J connectivity index is 0.000000240. The van der Waals surface area contributed by atoms with Crippen LogP contribution in [0.25, 0.3) is 0 Å². The lowest BCUT2D eigenvalue weighted by atomic mass is 10.1. The SMILES string of the molecule is CNCc1ccc(COc2nccc(N)n2)cc1.Nc1ccnc(OCc2ccc(CNC(=O)CCCC=O)cc2)n1. The first-order valence-electron chi connectivity index (χ1n) is 13.4. The molecule has 220 valence electrons. The Morgan fingerprint density at radius 1 is 0.762 bits per heavy atom. The molecule has 4 aromatic rings. The number of nitrogen functional groups attached to an aromatic ring is 2. The van der Waals surface area contributed by atoms with E-state index in [0.717, 1.165) is 29.5 Å². The molecule has 12 heteroatoms. The minimum Gasteiger partial charge on any atom is -0.459 e. The van der Waals surface area contributed by atoms with Crippen LogP contribution < -0.4 is 31.6 Å². The zero-order valence-corrected chi connectivity index (χ0v) is 23.5. The van der Waals surface area contributed by atoms with Crippen molar-refractivity contribution in [2.24, 2.45) is 0 Å². The van der Waals surface area contributed by atoms with E-state index in [1.807, 2.05) is 43.4 Å². The van der Waals surface area contributed by atoms with Gasteiger partial charge in [0.05, 0.1) is 0 Å². The summed E-state index contributed by atoms with van der Waals surface area (Å²) in [6.07, 6.45) is 5.30. The number of nitrogens with two attached hydrogens (primary N) is 2. The van der Waals surface area contributed by atoms with Gasteiger partial charge < -0.3 is 36.4 Å². The number of amides is 1. The summed E-state index contributed by atoms with van der Waals surface area (Å²) >= 11 is 0. The van der Waals surface area contributed by atoms with Crippen LogP contribution in [-0.4, -0.2) is 39.2 Å². The lowest BCUT2D eigenvalue weighted by molar-refractivity contribution is -0.121. The van der Waals surface area contributed by atoms with Gasteiger partial charge >= 0.3 is 12.0 Å². The third-order valence-electron chi connectivity index (χ3n) is 5.69. The molecule has 0 atom stereocenters. The van der Waals surface area contributed by atoms with Crippen LogP contribution >= 0.6 is 0 Å². The van der Waals surface area contributed by atoms with E-state index in [2.05, 4.69) is 42.7 Å². The van der Waals surface area contributed by atoms with Crippen molar-refractivity contribution in [3.8, 4) is 12.0 Å². The van der Waals surface area contributed by atoms with E-state index >= 15 is 0 Å². The van der Waals surface area contributed by atoms with E-state index < -0.39 is 0 Å². The highest BCUT2D eigenvalue weighted by Gasteiger charge is 2.03. The molecule has 1 amide bonds. The molecular weight excluding hydrogens is 536 g/mol. The third-order valence-corrected chi connectivity index (χ3v) is 5.69. The van der Waals surface area contributed by atoms with Gasteiger partial charge in [-0.1, -0.05) is 48.5 Å². The number of rotatable bonds is 14. The van der Waals surface area contributed by atoms with Gasteiger partial charge in [-0.2, -0.15) is 9.97 Å². The summed E-state index contributed by atoms with van der Waals surface area (Å²) in [4.78, 5) is 37.7. The van der Waals surface area contributed by atoms with E-state index in [1.165, 1.54) is 5.56 Å². The van der Waals surface area contributed by atoms with Crippen molar-refractivity contribution < 1.29 is 19.1 Å². The summed E-state index contributed by atoms with van der Waals surface area (Å²) in [7, 11) is 1.92. The molecule has 0 fully saturated rings. The zero-order chi connectivity index (χ0) is 30.0. The smallest absolute Gasteiger partial charge is 0.318 e. The average molecular weight is 573 g/mol. The maximum absolute atomic E-state index is 11.6. The Labute approximate surface area is 244 Å². The van der Waals surface area contributed by atoms with Gasteiger partial charge in [0.1, 0.15) is 31.1 Å². The highest BCUT2D eigenvalue weighted by molar-refractivity contribution is 5.76. The predicted molar refractivity (Wildman–Crippen MR) is 159 cm³/mol. The number of aromatic nitrogens is 4. The van der Waals surface area contributed by atoms with E-state index in [-0.39, 0.29) is 11.9 Å². The van der Waals surface area contributed by atoms with Gasteiger partial charge in [-0.25, -0.2) is 9.97 Å². The molecule has 0 aliphatic heterocycles. The second-order valence-corrected chi connectivity index (χ2v) is 9.10. The molecule has 0 radical (unpaired) electrons. The molecule has 42 heavy (non-hydrogen) atoms. The minimum absolute atomic E-state index is 0.0527. The Morgan fingerprint density at radius 2 is 1.24 bits per heavy atom. The van der Waals surface area contributed by atoms with Crippen LogP contribution in [0.2, 0.25) is 0 Å². The molecule has 0 unspecified atom stereocenters. The Bertz CT molecular complexity index is 1380. The Morgan fingerprint density at radius 3 is 1.69 bits per heavy atom. The number of carbonyl (C=O) groups excluding carboxylic acids is 2. The van der Waals surface area contributed by atoms with Crippen molar-refractivity contribution in [1.29, 1.82) is 0 Å².